The zero-order valence-electron chi connectivity index (χ0n) is 11.1. The number of imidazole rings is 1. The number of hydrogen-bond acceptors (Lipinski definition) is 2. The van der Waals surface area contributed by atoms with Gasteiger partial charge in [-0.1, -0.05) is 11.6 Å². The van der Waals surface area contributed by atoms with Gasteiger partial charge in [-0.15, -0.1) is 11.6 Å². The van der Waals surface area contributed by atoms with E-state index in [9.17, 15) is 9.18 Å². The molecule has 0 bridgehead atoms. The molecule has 0 spiro atoms. The van der Waals surface area contributed by atoms with Crippen molar-refractivity contribution >= 4 is 40.1 Å². The second-order valence-corrected chi connectivity index (χ2v) is 5.17. The molecule has 4 nitrogen and oxygen atoms in total. The fourth-order valence-corrected chi connectivity index (χ4v) is 2.49. The van der Waals surface area contributed by atoms with Crippen molar-refractivity contribution in [3.8, 4) is 0 Å². The number of carbonyl (C=O) groups excluding carboxylic acids is 1. The molecular formula is C13H14Cl2FN3O. The van der Waals surface area contributed by atoms with E-state index in [1.54, 1.807) is 18.5 Å². The van der Waals surface area contributed by atoms with E-state index in [4.69, 9.17) is 23.2 Å². The van der Waals surface area contributed by atoms with E-state index < -0.39 is 11.9 Å². The number of nitrogens with zero attached hydrogens (tertiary/aromatic N) is 2. The minimum atomic E-state index is -0.540. The highest BCUT2D eigenvalue weighted by atomic mass is 35.5. The zero-order chi connectivity index (χ0) is 14.9. The van der Waals surface area contributed by atoms with Crippen LogP contribution in [0.3, 0.4) is 0 Å². The maximum Gasteiger partial charge on any atom is 0.242 e. The summed E-state index contributed by atoms with van der Waals surface area (Å²) in [6.45, 7) is 1.73. The smallest absolute Gasteiger partial charge is 0.242 e. The Bertz CT molecular complexity index is 657. The predicted octanol–water partition coefficient (Wildman–Crippen LogP) is 2.92. The number of halogens is 3. The Balaban J connectivity index is 2.67. The largest absolute Gasteiger partial charge is 0.357 e. The van der Waals surface area contributed by atoms with Crippen molar-refractivity contribution in [3.63, 3.8) is 0 Å². The third-order valence-corrected chi connectivity index (χ3v) is 3.61. The van der Waals surface area contributed by atoms with E-state index in [-0.39, 0.29) is 10.9 Å². The zero-order valence-corrected chi connectivity index (χ0v) is 12.6. The lowest BCUT2D eigenvalue weighted by atomic mass is 10.2. The number of benzene rings is 1. The number of nitrogens with one attached hydrogen (secondary N) is 1. The summed E-state index contributed by atoms with van der Waals surface area (Å²) in [5, 5.41) is 2.58. The standard InChI is InChI=1S/C13H14Cl2FN3O/c1-7(13(20)17-2)19-11-6-9(16)8(15)5-10(11)18-12(19)3-4-14/h5-7H,3-4H2,1-2H3,(H,17,20). The molecule has 1 N–H and O–H groups in total. The molecule has 0 aliphatic heterocycles. The van der Waals surface area contributed by atoms with Gasteiger partial charge in [0, 0.05) is 25.4 Å². The van der Waals surface area contributed by atoms with Crippen molar-refractivity contribution in [2.75, 3.05) is 12.9 Å². The molecule has 0 aliphatic carbocycles. The minimum absolute atomic E-state index is 0.00664. The summed E-state index contributed by atoms with van der Waals surface area (Å²) in [7, 11) is 1.55. The molecule has 0 saturated carbocycles. The monoisotopic (exact) mass is 317 g/mol. The lowest BCUT2D eigenvalue weighted by Gasteiger charge is -2.16. The topological polar surface area (TPSA) is 46.9 Å². The van der Waals surface area contributed by atoms with Gasteiger partial charge in [-0.25, -0.2) is 9.37 Å². The molecule has 1 aromatic carbocycles. The van der Waals surface area contributed by atoms with Crippen LogP contribution in [0.2, 0.25) is 5.02 Å². The van der Waals surface area contributed by atoms with Crippen LogP contribution in [0.4, 0.5) is 4.39 Å². The Hall–Kier alpha value is -1.33. The average Bonchev–Trinajstić information content (AvgIpc) is 2.75. The van der Waals surface area contributed by atoms with E-state index in [2.05, 4.69) is 10.3 Å². The lowest BCUT2D eigenvalue weighted by Crippen LogP contribution is -2.28. The van der Waals surface area contributed by atoms with Crippen LogP contribution in [-0.4, -0.2) is 28.4 Å². The molecule has 1 atom stereocenters. The van der Waals surface area contributed by atoms with Crippen LogP contribution >= 0.6 is 23.2 Å². The highest BCUT2D eigenvalue weighted by molar-refractivity contribution is 6.31. The fraction of sp³-hybridized carbons (Fsp3) is 0.385. The summed E-state index contributed by atoms with van der Waals surface area (Å²) in [5.41, 5.74) is 1.08. The van der Waals surface area contributed by atoms with Crippen LogP contribution in [0.5, 0.6) is 0 Å². The third kappa shape index (κ3) is 2.60. The van der Waals surface area contributed by atoms with Gasteiger partial charge in [-0.3, -0.25) is 4.79 Å². The van der Waals surface area contributed by atoms with E-state index >= 15 is 0 Å². The summed E-state index contributed by atoms with van der Waals surface area (Å²) in [5.74, 6) is 0.269. The van der Waals surface area contributed by atoms with Crippen molar-refractivity contribution in [2.24, 2.45) is 0 Å². The first kappa shape index (κ1) is 15.1. The second kappa shape index (κ2) is 5.97. The first-order valence-corrected chi connectivity index (χ1v) is 7.04. The van der Waals surface area contributed by atoms with Crippen LogP contribution in [-0.2, 0) is 11.2 Å². The number of fused-ring (bicyclic) bond motifs is 1. The van der Waals surface area contributed by atoms with Gasteiger partial charge in [0.05, 0.1) is 16.1 Å². The van der Waals surface area contributed by atoms with Crippen molar-refractivity contribution < 1.29 is 9.18 Å². The molecule has 7 heteroatoms. The first-order chi connectivity index (χ1) is 9.49. The SMILES string of the molecule is CNC(=O)C(C)n1c(CCCl)nc2cc(Cl)c(F)cc21. The van der Waals surface area contributed by atoms with Crippen LogP contribution < -0.4 is 5.32 Å². The number of hydrogen-bond donors (Lipinski definition) is 1. The molecular weight excluding hydrogens is 304 g/mol. The van der Waals surface area contributed by atoms with Crippen molar-refractivity contribution in [1.82, 2.24) is 14.9 Å². The van der Waals surface area contributed by atoms with E-state index in [1.807, 2.05) is 0 Å². The summed E-state index contributed by atoms with van der Waals surface area (Å²) in [4.78, 5) is 16.2. The van der Waals surface area contributed by atoms with Crippen molar-refractivity contribution in [2.45, 2.75) is 19.4 Å². The highest BCUT2D eigenvalue weighted by Crippen LogP contribution is 2.27. The number of aryl methyl sites for hydroxylation is 1. The fourth-order valence-electron chi connectivity index (χ4n) is 2.16. The molecule has 1 unspecified atom stereocenters. The molecule has 20 heavy (non-hydrogen) atoms. The summed E-state index contributed by atoms with van der Waals surface area (Å²) in [6, 6.07) is 2.24. The Morgan fingerprint density at radius 1 is 1.55 bits per heavy atom. The van der Waals surface area contributed by atoms with Gasteiger partial charge in [0.2, 0.25) is 5.91 Å². The molecule has 108 valence electrons. The number of aromatic nitrogens is 2. The van der Waals surface area contributed by atoms with Gasteiger partial charge in [0.15, 0.2) is 0 Å². The third-order valence-electron chi connectivity index (χ3n) is 3.14. The van der Waals surface area contributed by atoms with Crippen LogP contribution in [0.25, 0.3) is 11.0 Å². The Labute approximate surface area is 125 Å². The molecule has 1 heterocycles. The van der Waals surface area contributed by atoms with Gasteiger partial charge in [0.25, 0.3) is 0 Å². The van der Waals surface area contributed by atoms with E-state index in [1.165, 1.54) is 12.1 Å². The Morgan fingerprint density at radius 2 is 2.25 bits per heavy atom. The van der Waals surface area contributed by atoms with Crippen LogP contribution in [0, 0.1) is 5.82 Å². The number of carbonyl (C=O) groups is 1. The van der Waals surface area contributed by atoms with Crippen molar-refractivity contribution in [1.29, 1.82) is 0 Å². The maximum absolute atomic E-state index is 13.7. The average molecular weight is 318 g/mol. The molecule has 0 aliphatic rings. The van der Waals surface area contributed by atoms with Gasteiger partial charge in [-0.2, -0.15) is 0 Å². The normalized spacial score (nSPS) is 12.7. The first-order valence-electron chi connectivity index (χ1n) is 6.13. The van der Waals surface area contributed by atoms with E-state index in [0.717, 1.165) is 0 Å². The Kier molecular flexibility index (Phi) is 4.50. The molecule has 1 aromatic heterocycles. The maximum atomic E-state index is 13.7. The van der Waals surface area contributed by atoms with Crippen LogP contribution in [0.1, 0.15) is 18.8 Å². The number of rotatable bonds is 4. The summed E-state index contributed by atoms with van der Waals surface area (Å²) < 4.78 is 15.4. The highest BCUT2D eigenvalue weighted by Gasteiger charge is 2.21. The molecule has 1 amide bonds. The van der Waals surface area contributed by atoms with E-state index in [0.29, 0.717) is 29.2 Å². The summed E-state index contributed by atoms with van der Waals surface area (Å²) in [6.07, 6.45) is 0.483. The molecule has 0 radical (unpaired) electrons. The van der Waals surface area contributed by atoms with Gasteiger partial charge in [-0.05, 0) is 13.0 Å². The predicted molar refractivity (Wildman–Crippen MR) is 77.9 cm³/mol. The van der Waals surface area contributed by atoms with Crippen LogP contribution in [0.15, 0.2) is 12.1 Å². The quantitative estimate of drug-likeness (QED) is 0.881. The minimum Gasteiger partial charge on any atom is -0.357 e. The number of likely N-dealkylation sites (N-methyl/N-ethyl adjacent to an activating group) is 1. The van der Waals surface area contributed by atoms with Crippen molar-refractivity contribution in [3.05, 3.63) is 28.8 Å². The molecule has 2 aromatic rings. The van der Waals surface area contributed by atoms with Gasteiger partial charge in [0.1, 0.15) is 17.7 Å². The number of amides is 1. The lowest BCUT2D eigenvalue weighted by molar-refractivity contribution is -0.123. The van der Waals surface area contributed by atoms with Gasteiger partial charge < -0.3 is 9.88 Å². The molecule has 2 rings (SSSR count). The summed E-state index contributed by atoms with van der Waals surface area (Å²) >= 11 is 11.5. The second-order valence-electron chi connectivity index (χ2n) is 4.38. The van der Waals surface area contributed by atoms with Gasteiger partial charge >= 0.3 is 0 Å². The molecule has 0 saturated heterocycles. The Morgan fingerprint density at radius 3 is 2.85 bits per heavy atom. The molecule has 0 fully saturated rings. The number of alkyl halides is 1.